The minimum absolute atomic E-state index is 0.109. The summed E-state index contributed by atoms with van der Waals surface area (Å²) in [5, 5.41) is 8.87. The molecular formula is C25H24N6O2. The normalized spacial score (nSPS) is 19.9. The molecule has 0 amide bonds. The largest absolute Gasteiger partial charge is 0.496 e. The predicted octanol–water partition coefficient (Wildman–Crippen LogP) is 3.71. The van der Waals surface area contributed by atoms with Gasteiger partial charge in [-0.3, -0.25) is 9.98 Å². The molecule has 3 aliphatic rings. The minimum atomic E-state index is -0.109. The Morgan fingerprint density at radius 2 is 2.15 bits per heavy atom. The van der Waals surface area contributed by atoms with Crippen molar-refractivity contribution in [1.29, 1.82) is 0 Å². The van der Waals surface area contributed by atoms with Crippen molar-refractivity contribution in [2.45, 2.75) is 19.9 Å². The molecule has 0 saturated heterocycles. The number of ether oxygens (including phenoxy) is 1. The zero-order chi connectivity index (χ0) is 22.7. The number of nitrogens with zero attached hydrogens (tertiary/aromatic N) is 4. The fourth-order valence-electron chi connectivity index (χ4n) is 4.89. The van der Waals surface area contributed by atoms with E-state index in [0.717, 1.165) is 67.5 Å². The molecule has 6 rings (SSSR count). The Morgan fingerprint density at radius 1 is 1.27 bits per heavy atom. The molecule has 0 spiro atoms. The van der Waals surface area contributed by atoms with Gasteiger partial charge >= 0.3 is 0 Å². The first-order valence-electron chi connectivity index (χ1n) is 10.9. The number of aryl methyl sites for hydroxylation is 2. The zero-order valence-electron chi connectivity index (χ0n) is 18.9. The van der Waals surface area contributed by atoms with Crippen LogP contribution < -0.4 is 5.32 Å². The topological polar surface area (TPSA) is 91.6 Å². The average Bonchev–Trinajstić information content (AvgIpc) is 3.47. The van der Waals surface area contributed by atoms with Crippen molar-refractivity contribution in [2.24, 2.45) is 4.99 Å². The van der Waals surface area contributed by atoms with Gasteiger partial charge in [0.15, 0.2) is 0 Å². The number of aliphatic imine (C=N–C) groups is 1. The van der Waals surface area contributed by atoms with Crippen LogP contribution in [-0.2, 0) is 4.74 Å². The molecule has 1 aliphatic carbocycles. The van der Waals surface area contributed by atoms with Gasteiger partial charge in [-0.2, -0.15) is 0 Å². The number of hydrogen-bond donors (Lipinski definition) is 2. The van der Waals surface area contributed by atoms with Crippen molar-refractivity contribution < 1.29 is 9.26 Å². The fraction of sp³-hybridized carbons (Fsp3) is 0.240. The Hall–Kier alpha value is -4.07. The average molecular weight is 441 g/mol. The lowest BCUT2D eigenvalue weighted by molar-refractivity contribution is 0.309. The second-order valence-corrected chi connectivity index (χ2v) is 8.44. The molecule has 8 heteroatoms. The van der Waals surface area contributed by atoms with Crippen LogP contribution in [0.5, 0.6) is 0 Å². The number of rotatable bonds is 3. The first-order valence-corrected chi connectivity index (χ1v) is 10.9. The van der Waals surface area contributed by atoms with Crippen LogP contribution in [0.25, 0.3) is 22.2 Å². The molecule has 3 aromatic heterocycles. The SMILES string of the molecule is COC1=C(c2c(C)noc2C)C=CC2N=C3C(=C(c4c[nH]c5cnccc45)NCN3C)C2=C1. The van der Waals surface area contributed by atoms with Gasteiger partial charge in [-0.15, -0.1) is 0 Å². The third-order valence-electron chi connectivity index (χ3n) is 6.47. The molecule has 2 N–H and O–H groups in total. The first kappa shape index (κ1) is 19.6. The van der Waals surface area contributed by atoms with Gasteiger partial charge in [0.05, 0.1) is 48.5 Å². The second kappa shape index (κ2) is 7.23. The van der Waals surface area contributed by atoms with E-state index in [-0.39, 0.29) is 6.04 Å². The zero-order valence-corrected chi connectivity index (χ0v) is 18.9. The summed E-state index contributed by atoms with van der Waals surface area (Å²) in [6, 6.07) is 1.93. The molecule has 8 nitrogen and oxygen atoms in total. The molecular weight excluding hydrogens is 416 g/mol. The van der Waals surface area contributed by atoms with Crippen molar-refractivity contribution >= 4 is 28.0 Å². The van der Waals surface area contributed by atoms with Crippen LogP contribution in [-0.4, -0.2) is 52.7 Å². The lowest BCUT2D eigenvalue weighted by Crippen LogP contribution is -2.41. The number of hydrogen-bond acceptors (Lipinski definition) is 7. The third-order valence-corrected chi connectivity index (χ3v) is 6.47. The van der Waals surface area contributed by atoms with Gasteiger partial charge in [0.2, 0.25) is 0 Å². The molecule has 2 aliphatic heterocycles. The van der Waals surface area contributed by atoms with Gasteiger partial charge in [-0.1, -0.05) is 17.3 Å². The summed E-state index contributed by atoms with van der Waals surface area (Å²) >= 11 is 0. The molecule has 0 radical (unpaired) electrons. The number of fused-ring (bicyclic) bond motifs is 4. The second-order valence-electron chi connectivity index (χ2n) is 8.44. The van der Waals surface area contributed by atoms with E-state index >= 15 is 0 Å². The Labute approximate surface area is 191 Å². The van der Waals surface area contributed by atoms with Crippen molar-refractivity contribution in [3.63, 3.8) is 0 Å². The number of nitrogens with one attached hydrogen (secondary N) is 2. The van der Waals surface area contributed by atoms with E-state index in [2.05, 4.69) is 50.6 Å². The van der Waals surface area contributed by atoms with Crippen LogP contribution in [0.1, 0.15) is 22.6 Å². The number of allylic oxidation sites excluding steroid dienone is 3. The number of amidine groups is 1. The molecule has 0 bridgehead atoms. The number of aromatic amines is 1. The first-order chi connectivity index (χ1) is 16.1. The summed E-state index contributed by atoms with van der Waals surface area (Å²) < 4.78 is 11.3. The van der Waals surface area contributed by atoms with Gasteiger partial charge in [-0.05, 0) is 31.6 Å². The number of aromatic nitrogens is 3. The maximum atomic E-state index is 5.89. The highest BCUT2D eigenvalue weighted by Crippen LogP contribution is 2.41. The highest BCUT2D eigenvalue weighted by molar-refractivity contribution is 6.14. The number of H-pyrrole nitrogens is 1. The minimum Gasteiger partial charge on any atom is -0.496 e. The van der Waals surface area contributed by atoms with Gasteiger partial charge in [-0.25, -0.2) is 0 Å². The molecule has 166 valence electrons. The molecule has 33 heavy (non-hydrogen) atoms. The third kappa shape index (κ3) is 2.87. The summed E-state index contributed by atoms with van der Waals surface area (Å²) in [6.07, 6.45) is 12.0. The summed E-state index contributed by atoms with van der Waals surface area (Å²) in [4.78, 5) is 14.8. The van der Waals surface area contributed by atoms with Crippen molar-refractivity contribution in [3.8, 4) is 0 Å². The quantitative estimate of drug-likeness (QED) is 0.645. The Morgan fingerprint density at radius 3 is 2.94 bits per heavy atom. The van der Waals surface area contributed by atoms with Crippen LogP contribution in [0.4, 0.5) is 0 Å². The van der Waals surface area contributed by atoms with Gasteiger partial charge in [0.25, 0.3) is 0 Å². The molecule has 3 aromatic rings. The summed E-state index contributed by atoms with van der Waals surface area (Å²) in [5.74, 6) is 2.50. The van der Waals surface area contributed by atoms with Gasteiger partial charge in [0, 0.05) is 41.5 Å². The molecule has 1 atom stereocenters. The van der Waals surface area contributed by atoms with Gasteiger partial charge < -0.3 is 24.5 Å². The number of likely N-dealkylation sites (N-methyl/N-ethyl adjacent to an activating group) is 1. The smallest absolute Gasteiger partial charge is 0.141 e. The van der Waals surface area contributed by atoms with E-state index in [1.165, 1.54) is 0 Å². The Bertz CT molecular complexity index is 1430. The van der Waals surface area contributed by atoms with Crippen LogP contribution in [0.2, 0.25) is 0 Å². The molecule has 1 unspecified atom stereocenters. The Kier molecular flexibility index (Phi) is 4.29. The van der Waals surface area contributed by atoms with E-state index in [0.29, 0.717) is 6.67 Å². The summed E-state index contributed by atoms with van der Waals surface area (Å²) in [7, 11) is 3.75. The lowest BCUT2D eigenvalue weighted by atomic mass is 9.94. The van der Waals surface area contributed by atoms with E-state index in [1.807, 2.05) is 38.5 Å². The molecule has 0 fully saturated rings. The van der Waals surface area contributed by atoms with Crippen molar-refractivity contribution in [2.75, 3.05) is 20.8 Å². The van der Waals surface area contributed by atoms with Crippen molar-refractivity contribution in [3.05, 3.63) is 82.4 Å². The number of methoxy groups -OCH3 is 1. The maximum Gasteiger partial charge on any atom is 0.141 e. The highest BCUT2D eigenvalue weighted by atomic mass is 16.5. The lowest BCUT2D eigenvalue weighted by Gasteiger charge is -2.30. The van der Waals surface area contributed by atoms with Crippen LogP contribution in [0.15, 0.2) is 69.3 Å². The van der Waals surface area contributed by atoms with E-state index in [9.17, 15) is 0 Å². The van der Waals surface area contributed by atoms with Crippen LogP contribution >= 0.6 is 0 Å². The predicted molar refractivity (Wildman–Crippen MR) is 127 cm³/mol. The Balaban J connectivity index is 1.58. The van der Waals surface area contributed by atoms with E-state index in [1.54, 1.807) is 7.11 Å². The van der Waals surface area contributed by atoms with Crippen LogP contribution in [0.3, 0.4) is 0 Å². The standard InChI is InChI=1S/C25H24N6O2/c1-13-22(14(2)33-30-13)16-5-6-19-17(9-21(16)32-4)23-24(28-12-31(3)25(23)29-19)18-10-27-20-11-26-8-7-15(18)20/h5-11,19,27-28H,12H2,1-4H3. The molecule has 0 aromatic carbocycles. The molecule has 5 heterocycles. The fourth-order valence-corrected chi connectivity index (χ4v) is 4.89. The summed E-state index contributed by atoms with van der Waals surface area (Å²) in [6.45, 7) is 4.54. The molecule has 0 saturated carbocycles. The van der Waals surface area contributed by atoms with Crippen molar-refractivity contribution in [1.82, 2.24) is 25.3 Å². The highest BCUT2D eigenvalue weighted by Gasteiger charge is 2.37. The van der Waals surface area contributed by atoms with E-state index < -0.39 is 0 Å². The number of pyridine rings is 1. The van der Waals surface area contributed by atoms with Crippen LogP contribution in [0, 0.1) is 13.8 Å². The summed E-state index contributed by atoms with van der Waals surface area (Å²) in [5.41, 5.74) is 8.09. The van der Waals surface area contributed by atoms with Gasteiger partial charge in [0.1, 0.15) is 17.4 Å². The maximum absolute atomic E-state index is 5.89. The monoisotopic (exact) mass is 440 g/mol. The van der Waals surface area contributed by atoms with E-state index in [4.69, 9.17) is 14.3 Å².